The van der Waals surface area contributed by atoms with Gasteiger partial charge in [0.1, 0.15) is 0 Å². The molecular formula is C25H31ClN2O4S. The molecule has 2 aromatic rings. The van der Waals surface area contributed by atoms with Gasteiger partial charge in [-0.15, -0.1) is 0 Å². The van der Waals surface area contributed by atoms with Crippen LogP contribution < -0.4 is 5.32 Å². The zero-order chi connectivity index (χ0) is 23.5. The summed E-state index contributed by atoms with van der Waals surface area (Å²) in [7, 11) is -3.67. The van der Waals surface area contributed by atoms with E-state index in [0.717, 1.165) is 31.2 Å². The molecule has 2 aliphatic rings. The van der Waals surface area contributed by atoms with Gasteiger partial charge in [0, 0.05) is 38.3 Å². The average molecular weight is 491 g/mol. The van der Waals surface area contributed by atoms with Crippen molar-refractivity contribution in [2.24, 2.45) is 5.92 Å². The fraction of sp³-hybridized carbons (Fsp3) is 0.480. The first-order valence-corrected chi connectivity index (χ1v) is 13.3. The largest absolute Gasteiger partial charge is 0.381 e. The van der Waals surface area contributed by atoms with Gasteiger partial charge in [-0.2, -0.15) is 4.31 Å². The lowest BCUT2D eigenvalue weighted by Gasteiger charge is -2.38. The van der Waals surface area contributed by atoms with E-state index in [0.29, 0.717) is 38.8 Å². The molecule has 33 heavy (non-hydrogen) atoms. The third-order valence-electron chi connectivity index (χ3n) is 6.99. The summed E-state index contributed by atoms with van der Waals surface area (Å²) in [6.07, 6.45) is 3.27. The predicted octanol–water partition coefficient (Wildman–Crippen LogP) is 4.24. The SMILES string of the molecule is CC1CCN(S(=O)(=O)c2ccc(Cl)c(C(=O)NCC3(c4ccccc4)CCOCC3)c2)CC1. The molecule has 2 fully saturated rings. The van der Waals surface area contributed by atoms with Gasteiger partial charge in [0.2, 0.25) is 10.0 Å². The summed E-state index contributed by atoms with van der Waals surface area (Å²) >= 11 is 6.33. The highest BCUT2D eigenvalue weighted by Gasteiger charge is 2.35. The zero-order valence-corrected chi connectivity index (χ0v) is 20.5. The second kappa shape index (κ2) is 10.1. The minimum atomic E-state index is -3.67. The van der Waals surface area contributed by atoms with Gasteiger partial charge in [0.25, 0.3) is 5.91 Å². The summed E-state index contributed by atoms with van der Waals surface area (Å²) in [4.78, 5) is 13.3. The lowest BCUT2D eigenvalue weighted by atomic mass is 9.74. The van der Waals surface area contributed by atoms with E-state index in [2.05, 4.69) is 24.4 Å². The van der Waals surface area contributed by atoms with Crippen molar-refractivity contribution in [2.45, 2.75) is 42.9 Å². The number of piperidine rings is 1. The number of carbonyl (C=O) groups is 1. The van der Waals surface area contributed by atoms with Crippen molar-refractivity contribution in [1.29, 1.82) is 0 Å². The van der Waals surface area contributed by atoms with Crippen LogP contribution in [0.25, 0.3) is 0 Å². The quantitative estimate of drug-likeness (QED) is 0.657. The number of halogens is 1. The molecule has 2 heterocycles. The van der Waals surface area contributed by atoms with Gasteiger partial charge in [0.05, 0.1) is 15.5 Å². The van der Waals surface area contributed by atoms with Crippen molar-refractivity contribution in [3.05, 3.63) is 64.7 Å². The van der Waals surface area contributed by atoms with Crippen LogP contribution in [0.4, 0.5) is 0 Å². The number of rotatable bonds is 6. The normalized spacial score (nSPS) is 19.8. The van der Waals surface area contributed by atoms with Crippen molar-refractivity contribution < 1.29 is 17.9 Å². The number of sulfonamides is 1. The summed E-state index contributed by atoms with van der Waals surface area (Å²) in [6.45, 7) is 4.82. The number of carbonyl (C=O) groups excluding carboxylic acids is 1. The fourth-order valence-electron chi connectivity index (χ4n) is 4.68. The van der Waals surface area contributed by atoms with E-state index in [1.165, 1.54) is 22.5 Å². The van der Waals surface area contributed by atoms with Crippen LogP contribution in [0.15, 0.2) is 53.4 Å². The molecule has 6 nitrogen and oxygen atoms in total. The van der Waals surface area contributed by atoms with E-state index >= 15 is 0 Å². The molecule has 1 amide bonds. The maximum Gasteiger partial charge on any atom is 0.252 e. The second-order valence-electron chi connectivity index (χ2n) is 9.17. The molecule has 0 unspecified atom stereocenters. The van der Waals surface area contributed by atoms with Crippen LogP contribution in [0.3, 0.4) is 0 Å². The van der Waals surface area contributed by atoms with Gasteiger partial charge in [-0.3, -0.25) is 4.79 Å². The van der Waals surface area contributed by atoms with Gasteiger partial charge in [0.15, 0.2) is 0 Å². The topological polar surface area (TPSA) is 75.7 Å². The molecule has 0 aromatic heterocycles. The fourth-order valence-corrected chi connectivity index (χ4v) is 6.38. The number of hydrogen-bond donors (Lipinski definition) is 1. The Balaban J connectivity index is 1.53. The van der Waals surface area contributed by atoms with E-state index in [-0.39, 0.29) is 26.8 Å². The molecule has 0 bridgehead atoms. The number of nitrogens with one attached hydrogen (secondary N) is 1. The molecule has 0 radical (unpaired) electrons. The van der Waals surface area contributed by atoms with Crippen LogP contribution in [-0.2, 0) is 20.2 Å². The van der Waals surface area contributed by atoms with Crippen LogP contribution in [0.5, 0.6) is 0 Å². The molecule has 2 saturated heterocycles. The van der Waals surface area contributed by atoms with Crippen molar-refractivity contribution in [3.8, 4) is 0 Å². The van der Waals surface area contributed by atoms with Crippen LogP contribution in [-0.4, -0.2) is 51.5 Å². The minimum Gasteiger partial charge on any atom is -0.381 e. The monoisotopic (exact) mass is 490 g/mol. The van der Waals surface area contributed by atoms with E-state index in [9.17, 15) is 13.2 Å². The first-order chi connectivity index (χ1) is 15.8. The predicted molar refractivity (Wildman–Crippen MR) is 129 cm³/mol. The molecule has 0 spiro atoms. The van der Waals surface area contributed by atoms with Crippen molar-refractivity contribution >= 4 is 27.5 Å². The van der Waals surface area contributed by atoms with Crippen LogP contribution in [0.1, 0.15) is 48.5 Å². The Morgan fingerprint density at radius 2 is 1.79 bits per heavy atom. The van der Waals surface area contributed by atoms with E-state index in [1.807, 2.05) is 18.2 Å². The number of ether oxygens (including phenoxy) is 1. The van der Waals surface area contributed by atoms with Crippen molar-refractivity contribution in [3.63, 3.8) is 0 Å². The summed E-state index contributed by atoms with van der Waals surface area (Å²) in [5.41, 5.74) is 1.12. The van der Waals surface area contributed by atoms with Gasteiger partial charge in [-0.05, 0) is 55.4 Å². The third kappa shape index (κ3) is 5.27. The van der Waals surface area contributed by atoms with Crippen LogP contribution in [0, 0.1) is 5.92 Å². The lowest BCUT2D eigenvalue weighted by molar-refractivity contribution is 0.0487. The number of amides is 1. The zero-order valence-electron chi connectivity index (χ0n) is 18.9. The molecule has 0 saturated carbocycles. The third-order valence-corrected chi connectivity index (χ3v) is 9.21. The summed E-state index contributed by atoms with van der Waals surface area (Å²) in [6, 6.07) is 14.5. The molecule has 0 aliphatic carbocycles. The first kappa shape index (κ1) is 24.2. The van der Waals surface area contributed by atoms with E-state index < -0.39 is 10.0 Å². The Bertz CT molecular complexity index is 1080. The molecule has 2 aromatic carbocycles. The number of nitrogens with zero attached hydrogens (tertiary/aromatic N) is 1. The van der Waals surface area contributed by atoms with Gasteiger partial charge in [-0.25, -0.2) is 8.42 Å². The maximum absolute atomic E-state index is 13.2. The Morgan fingerprint density at radius 1 is 1.12 bits per heavy atom. The lowest BCUT2D eigenvalue weighted by Crippen LogP contribution is -2.44. The first-order valence-electron chi connectivity index (χ1n) is 11.5. The van der Waals surface area contributed by atoms with Crippen LogP contribution >= 0.6 is 11.6 Å². The molecule has 2 aliphatic heterocycles. The maximum atomic E-state index is 13.2. The number of hydrogen-bond acceptors (Lipinski definition) is 4. The van der Waals surface area contributed by atoms with Crippen LogP contribution in [0.2, 0.25) is 5.02 Å². The standard InChI is InChI=1S/C25H31ClN2O4S/c1-19-9-13-28(14-10-19)33(30,31)21-7-8-23(26)22(17-21)24(29)27-18-25(11-15-32-16-12-25)20-5-3-2-4-6-20/h2-8,17,19H,9-16,18H2,1H3,(H,27,29). The highest BCUT2D eigenvalue weighted by molar-refractivity contribution is 7.89. The van der Waals surface area contributed by atoms with Crippen molar-refractivity contribution in [2.75, 3.05) is 32.8 Å². The minimum absolute atomic E-state index is 0.107. The summed E-state index contributed by atoms with van der Waals surface area (Å²) in [5.74, 6) is 0.149. The molecule has 178 valence electrons. The Labute approximate surface area is 201 Å². The van der Waals surface area contributed by atoms with E-state index in [1.54, 1.807) is 0 Å². The molecule has 1 N–H and O–H groups in total. The highest BCUT2D eigenvalue weighted by atomic mass is 35.5. The molecule has 0 atom stereocenters. The van der Waals surface area contributed by atoms with Gasteiger partial charge in [-0.1, -0.05) is 48.9 Å². The van der Waals surface area contributed by atoms with Gasteiger partial charge < -0.3 is 10.1 Å². The Morgan fingerprint density at radius 3 is 2.45 bits per heavy atom. The summed E-state index contributed by atoms with van der Waals surface area (Å²) in [5, 5.41) is 3.26. The highest BCUT2D eigenvalue weighted by Crippen LogP contribution is 2.34. The van der Waals surface area contributed by atoms with E-state index in [4.69, 9.17) is 16.3 Å². The Hall–Kier alpha value is -1.93. The number of benzene rings is 2. The smallest absolute Gasteiger partial charge is 0.252 e. The summed E-state index contributed by atoms with van der Waals surface area (Å²) < 4.78 is 33.4. The molecule has 4 rings (SSSR count). The Kier molecular flexibility index (Phi) is 7.43. The average Bonchev–Trinajstić information content (AvgIpc) is 2.84. The van der Waals surface area contributed by atoms with Crippen molar-refractivity contribution in [1.82, 2.24) is 9.62 Å². The molecule has 8 heteroatoms. The molecular weight excluding hydrogens is 460 g/mol. The second-order valence-corrected chi connectivity index (χ2v) is 11.5. The van der Waals surface area contributed by atoms with Gasteiger partial charge >= 0.3 is 0 Å².